The Labute approximate surface area is 118 Å². The molecule has 0 atom stereocenters. The molecule has 0 fully saturated rings. The van der Waals surface area contributed by atoms with Gasteiger partial charge in [0, 0.05) is 29.7 Å². The molecule has 1 aromatic carbocycles. The molecule has 0 saturated carbocycles. The highest BCUT2D eigenvalue weighted by Crippen LogP contribution is 2.27. The van der Waals surface area contributed by atoms with E-state index < -0.39 is 0 Å². The zero-order chi connectivity index (χ0) is 14.1. The fourth-order valence-electron chi connectivity index (χ4n) is 2.86. The molecule has 1 N–H and O–H groups in total. The van der Waals surface area contributed by atoms with E-state index in [-0.39, 0.29) is 0 Å². The highest BCUT2D eigenvalue weighted by atomic mass is 16.3. The summed E-state index contributed by atoms with van der Waals surface area (Å²) < 4.78 is 5.40. The van der Waals surface area contributed by atoms with Crippen LogP contribution in [0.5, 0.6) is 0 Å². The lowest BCUT2D eigenvalue weighted by Gasteiger charge is -2.24. The maximum Gasteiger partial charge on any atom is 0.182 e. The van der Waals surface area contributed by atoms with Gasteiger partial charge in [-0.2, -0.15) is 0 Å². The molecular weight excluding hydrogens is 250 g/mol. The lowest BCUT2D eigenvalue weighted by molar-refractivity contribution is 0.237. The molecule has 4 heteroatoms. The van der Waals surface area contributed by atoms with Crippen molar-refractivity contribution in [3.63, 3.8) is 0 Å². The minimum Gasteiger partial charge on any atom is -0.443 e. The summed E-state index contributed by atoms with van der Waals surface area (Å²) in [6.07, 6.45) is 4.65. The zero-order valence-corrected chi connectivity index (χ0v) is 12.3. The Bertz CT molecular complexity index is 711. The monoisotopic (exact) mass is 271 g/mol. The number of rotatable bonds is 5. The number of benzene rings is 1. The molecule has 0 bridgehead atoms. The van der Waals surface area contributed by atoms with Crippen LogP contribution in [-0.2, 0) is 6.42 Å². The molecule has 4 nitrogen and oxygen atoms in total. The van der Waals surface area contributed by atoms with Gasteiger partial charge < -0.3 is 14.3 Å². The summed E-state index contributed by atoms with van der Waals surface area (Å²) in [5.41, 5.74) is 4.27. The smallest absolute Gasteiger partial charge is 0.182 e. The van der Waals surface area contributed by atoms with Crippen LogP contribution in [0.2, 0.25) is 0 Å². The van der Waals surface area contributed by atoms with E-state index in [2.05, 4.69) is 47.9 Å². The predicted molar refractivity (Wildman–Crippen MR) is 82.0 cm³/mol. The summed E-state index contributed by atoms with van der Waals surface area (Å²) in [5, 5.41) is 1.20. The number of nitrogens with one attached hydrogen (secondary N) is 1. The number of fused-ring (bicyclic) bond motifs is 3. The average molecular weight is 271 g/mol. The van der Waals surface area contributed by atoms with Gasteiger partial charge in [-0.25, -0.2) is 4.98 Å². The topological polar surface area (TPSA) is 45.1 Å². The van der Waals surface area contributed by atoms with Crippen molar-refractivity contribution in [3.05, 3.63) is 30.3 Å². The van der Waals surface area contributed by atoms with Crippen molar-refractivity contribution >= 4 is 22.0 Å². The summed E-state index contributed by atoms with van der Waals surface area (Å²) in [6.45, 7) is 8.85. The molecular formula is C16H21N3O. The molecule has 0 aliphatic heterocycles. The van der Waals surface area contributed by atoms with Gasteiger partial charge in [-0.05, 0) is 44.5 Å². The molecule has 2 heterocycles. The largest absolute Gasteiger partial charge is 0.443 e. The predicted octanol–water partition coefficient (Wildman–Crippen LogP) is 3.58. The van der Waals surface area contributed by atoms with Gasteiger partial charge in [-0.1, -0.05) is 6.92 Å². The Hall–Kier alpha value is -1.81. The maximum absolute atomic E-state index is 5.40. The average Bonchev–Trinajstić information content (AvgIpc) is 3.04. The second-order valence-corrected chi connectivity index (χ2v) is 5.47. The lowest BCUT2D eigenvalue weighted by atomic mass is 10.1. The molecule has 0 unspecified atom stereocenters. The number of aromatic nitrogens is 2. The molecule has 3 aromatic rings. The number of aromatic amines is 1. The Balaban J connectivity index is 1.93. The number of likely N-dealkylation sites (N-methyl/N-ethyl adjacent to an activating group) is 1. The van der Waals surface area contributed by atoms with Gasteiger partial charge in [0.2, 0.25) is 0 Å². The summed E-state index contributed by atoms with van der Waals surface area (Å²) in [7, 11) is 0. The van der Waals surface area contributed by atoms with E-state index in [0.29, 0.717) is 6.04 Å². The van der Waals surface area contributed by atoms with Crippen molar-refractivity contribution in [1.29, 1.82) is 0 Å². The molecule has 0 aliphatic carbocycles. The van der Waals surface area contributed by atoms with Crippen molar-refractivity contribution in [3.8, 4) is 0 Å². The number of hydrogen-bond donors (Lipinski definition) is 1. The summed E-state index contributed by atoms with van der Waals surface area (Å²) in [6, 6.07) is 4.61. The standard InChI is InChI=1S/C16H21N3O/c1-4-19(11(2)3)8-7-12-9-17-13-5-6-14-16(15(12)13)18-10-20-14/h5-6,9-11,17H,4,7-8H2,1-3H3. The molecule has 0 spiro atoms. The van der Waals surface area contributed by atoms with E-state index in [9.17, 15) is 0 Å². The normalized spacial score (nSPS) is 12.2. The van der Waals surface area contributed by atoms with Crippen LogP contribution in [0.4, 0.5) is 0 Å². The Morgan fingerprint density at radius 1 is 1.35 bits per heavy atom. The number of nitrogens with zero attached hydrogens (tertiary/aromatic N) is 2. The number of oxazole rings is 1. The highest BCUT2D eigenvalue weighted by molar-refractivity contribution is 6.04. The Kier molecular flexibility index (Phi) is 3.49. The first-order valence-corrected chi connectivity index (χ1v) is 7.27. The molecule has 20 heavy (non-hydrogen) atoms. The lowest BCUT2D eigenvalue weighted by Crippen LogP contribution is -2.32. The van der Waals surface area contributed by atoms with Crippen LogP contribution in [0.3, 0.4) is 0 Å². The van der Waals surface area contributed by atoms with E-state index in [4.69, 9.17) is 4.42 Å². The first-order valence-electron chi connectivity index (χ1n) is 7.27. The molecule has 0 saturated heterocycles. The van der Waals surface area contributed by atoms with Crippen LogP contribution >= 0.6 is 0 Å². The molecule has 0 amide bonds. The van der Waals surface area contributed by atoms with Crippen LogP contribution in [0.25, 0.3) is 22.0 Å². The van der Waals surface area contributed by atoms with Crippen LogP contribution in [0.1, 0.15) is 26.3 Å². The maximum atomic E-state index is 5.40. The van der Waals surface area contributed by atoms with Crippen molar-refractivity contribution in [1.82, 2.24) is 14.9 Å². The summed E-state index contributed by atoms with van der Waals surface area (Å²) in [4.78, 5) is 10.2. The number of H-pyrrole nitrogens is 1. The second-order valence-electron chi connectivity index (χ2n) is 5.47. The van der Waals surface area contributed by atoms with Crippen LogP contribution in [-0.4, -0.2) is 34.0 Å². The van der Waals surface area contributed by atoms with Crippen LogP contribution in [0, 0.1) is 0 Å². The van der Waals surface area contributed by atoms with E-state index in [0.717, 1.165) is 36.1 Å². The first-order chi connectivity index (χ1) is 9.70. The fraction of sp³-hybridized carbons (Fsp3) is 0.438. The fourth-order valence-corrected chi connectivity index (χ4v) is 2.86. The molecule has 2 aromatic heterocycles. The molecule has 3 rings (SSSR count). The van der Waals surface area contributed by atoms with E-state index >= 15 is 0 Å². The Morgan fingerprint density at radius 2 is 2.20 bits per heavy atom. The third-order valence-electron chi connectivity index (χ3n) is 4.03. The van der Waals surface area contributed by atoms with Gasteiger partial charge in [-0.3, -0.25) is 0 Å². The zero-order valence-electron chi connectivity index (χ0n) is 12.3. The summed E-state index contributed by atoms with van der Waals surface area (Å²) >= 11 is 0. The van der Waals surface area contributed by atoms with Crippen LogP contribution in [0.15, 0.2) is 29.1 Å². The van der Waals surface area contributed by atoms with Crippen molar-refractivity contribution in [2.45, 2.75) is 33.2 Å². The van der Waals surface area contributed by atoms with Gasteiger partial charge in [0.05, 0.1) is 0 Å². The Morgan fingerprint density at radius 3 is 2.95 bits per heavy atom. The van der Waals surface area contributed by atoms with Gasteiger partial charge in [0.25, 0.3) is 0 Å². The SMILES string of the molecule is CCN(CCc1c[nH]c2ccc3ocnc3c12)C(C)C. The first kappa shape index (κ1) is 13.2. The third-order valence-corrected chi connectivity index (χ3v) is 4.03. The number of hydrogen-bond acceptors (Lipinski definition) is 3. The second kappa shape index (κ2) is 5.29. The van der Waals surface area contributed by atoms with E-state index in [1.807, 2.05) is 6.07 Å². The van der Waals surface area contributed by atoms with Crippen molar-refractivity contribution < 1.29 is 4.42 Å². The van der Waals surface area contributed by atoms with Crippen molar-refractivity contribution in [2.24, 2.45) is 0 Å². The van der Waals surface area contributed by atoms with E-state index in [1.165, 1.54) is 17.3 Å². The minimum absolute atomic E-state index is 0.581. The van der Waals surface area contributed by atoms with Gasteiger partial charge >= 0.3 is 0 Å². The summed E-state index contributed by atoms with van der Waals surface area (Å²) in [5.74, 6) is 0. The van der Waals surface area contributed by atoms with E-state index in [1.54, 1.807) is 0 Å². The molecule has 0 radical (unpaired) electrons. The van der Waals surface area contributed by atoms with Gasteiger partial charge in [0.15, 0.2) is 12.0 Å². The third kappa shape index (κ3) is 2.20. The van der Waals surface area contributed by atoms with Crippen molar-refractivity contribution in [2.75, 3.05) is 13.1 Å². The molecule has 0 aliphatic rings. The quantitative estimate of drug-likeness (QED) is 0.771. The molecule has 106 valence electrons. The van der Waals surface area contributed by atoms with Gasteiger partial charge in [0.1, 0.15) is 5.52 Å². The van der Waals surface area contributed by atoms with Gasteiger partial charge in [-0.15, -0.1) is 0 Å². The van der Waals surface area contributed by atoms with Crippen LogP contribution < -0.4 is 0 Å². The highest BCUT2D eigenvalue weighted by Gasteiger charge is 2.13. The minimum atomic E-state index is 0.581.